The van der Waals surface area contributed by atoms with Gasteiger partial charge in [-0.25, -0.2) is 9.37 Å². The molecule has 2 rings (SSSR count). The molecule has 3 nitrogen and oxygen atoms in total. The molecule has 0 atom stereocenters. The fourth-order valence-corrected chi connectivity index (χ4v) is 1.68. The van der Waals surface area contributed by atoms with Crippen LogP contribution in [0.5, 0.6) is 0 Å². The monoisotopic (exact) mass is 249 g/mol. The van der Waals surface area contributed by atoms with Crippen LogP contribution in [0.15, 0.2) is 30.7 Å². The summed E-state index contributed by atoms with van der Waals surface area (Å²) in [4.78, 5) is 4.05. The summed E-state index contributed by atoms with van der Waals surface area (Å²) in [5.74, 6) is -0.149. The number of hydrogen-bond acceptors (Lipinski definition) is 2. The minimum atomic E-state index is -0.476. The van der Waals surface area contributed by atoms with Gasteiger partial charge in [-0.1, -0.05) is 12.1 Å². The van der Waals surface area contributed by atoms with Crippen molar-refractivity contribution in [3.8, 4) is 6.07 Å². The Labute approximate surface area is 103 Å². The SMILES string of the molecule is N#Cc1cccc(Cn2cnc(CCl)c2)c1F. The summed E-state index contributed by atoms with van der Waals surface area (Å²) in [5, 5.41) is 8.72. The molecule has 2 aromatic rings. The van der Waals surface area contributed by atoms with Crippen molar-refractivity contribution in [3.63, 3.8) is 0 Å². The summed E-state index contributed by atoms with van der Waals surface area (Å²) >= 11 is 5.63. The highest BCUT2D eigenvalue weighted by molar-refractivity contribution is 6.16. The van der Waals surface area contributed by atoms with Crippen LogP contribution in [0.25, 0.3) is 0 Å². The van der Waals surface area contributed by atoms with Crippen molar-refractivity contribution in [2.75, 3.05) is 0 Å². The first kappa shape index (κ1) is 11.6. The predicted molar refractivity (Wildman–Crippen MR) is 62.0 cm³/mol. The standard InChI is InChI=1S/C12H9ClFN3/c13-4-11-7-17(8-16-11)6-10-3-1-2-9(5-15)12(10)14/h1-3,7-8H,4,6H2. The summed E-state index contributed by atoms with van der Waals surface area (Å²) in [7, 11) is 0. The van der Waals surface area contributed by atoms with E-state index in [9.17, 15) is 4.39 Å². The second-order valence-corrected chi connectivity index (χ2v) is 3.83. The lowest BCUT2D eigenvalue weighted by Crippen LogP contribution is -2.01. The van der Waals surface area contributed by atoms with Crippen molar-refractivity contribution < 1.29 is 4.39 Å². The van der Waals surface area contributed by atoms with E-state index in [4.69, 9.17) is 16.9 Å². The molecular formula is C12H9ClFN3. The lowest BCUT2D eigenvalue weighted by molar-refractivity contribution is 0.596. The van der Waals surface area contributed by atoms with Crippen LogP contribution >= 0.6 is 11.6 Å². The van der Waals surface area contributed by atoms with Crippen LogP contribution in [-0.4, -0.2) is 9.55 Å². The number of nitrogens with zero attached hydrogens (tertiary/aromatic N) is 3. The van der Waals surface area contributed by atoms with Gasteiger partial charge in [-0.2, -0.15) is 5.26 Å². The molecule has 0 saturated carbocycles. The van der Waals surface area contributed by atoms with Crippen LogP contribution in [-0.2, 0) is 12.4 Å². The lowest BCUT2D eigenvalue weighted by Gasteiger charge is -2.04. The molecule has 0 N–H and O–H groups in total. The van der Waals surface area contributed by atoms with Gasteiger partial charge in [0.15, 0.2) is 0 Å². The summed E-state index contributed by atoms with van der Waals surface area (Å²) in [6.07, 6.45) is 3.35. The maximum absolute atomic E-state index is 13.8. The highest BCUT2D eigenvalue weighted by Crippen LogP contribution is 2.14. The van der Waals surface area contributed by atoms with E-state index in [2.05, 4.69) is 4.98 Å². The molecule has 5 heteroatoms. The summed E-state index contributed by atoms with van der Waals surface area (Å²) in [5.41, 5.74) is 1.26. The van der Waals surface area contributed by atoms with Gasteiger partial charge in [-0.05, 0) is 6.07 Å². The minimum absolute atomic E-state index is 0.0557. The van der Waals surface area contributed by atoms with Gasteiger partial charge in [-0.15, -0.1) is 11.6 Å². The van der Waals surface area contributed by atoms with Gasteiger partial charge in [0, 0.05) is 11.8 Å². The van der Waals surface area contributed by atoms with Gasteiger partial charge in [0.25, 0.3) is 0 Å². The third-order valence-electron chi connectivity index (χ3n) is 2.38. The van der Waals surface area contributed by atoms with E-state index >= 15 is 0 Å². The molecule has 86 valence electrons. The third kappa shape index (κ3) is 2.45. The molecule has 0 aliphatic carbocycles. The molecule has 0 radical (unpaired) electrons. The molecule has 0 amide bonds. The van der Waals surface area contributed by atoms with E-state index < -0.39 is 5.82 Å². The molecule has 0 fully saturated rings. The fraction of sp³-hybridized carbons (Fsp3) is 0.167. The van der Waals surface area contributed by atoms with E-state index in [1.165, 1.54) is 6.07 Å². The van der Waals surface area contributed by atoms with Gasteiger partial charge in [0.05, 0.1) is 30.0 Å². The molecule has 0 aliphatic heterocycles. The predicted octanol–water partition coefficient (Wildman–Crippen LogP) is 2.68. The van der Waals surface area contributed by atoms with Gasteiger partial charge in [0.2, 0.25) is 0 Å². The molecule has 0 saturated heterocycles. The Bertz CT molecular complexity index is 571. The number of hydrogen-bond donors (Lipinski definition) is 0. The highest BCUT2D eigenvalue weighted by atomic mass is 35.5. The van der Waals surface area contributed by atoms with Crippen LogP contribution < -0.4 is 0 Å². The van der Waals surface area contributed by atoms with Gasteiger partial charge in [-0.3, -0.25) is 0 Å². The first-order valence-electron chi connectivity index (χ1n) is 4.98. The Balaban J connectivity index is 2.27. The van der Waals surface area contributed by atoms with Crippen molar-refractivity contribution in [2.45, 2.75) is 12.4 Å². The van der Waals surface area contributed by atoms with Crippen molar-refractivity contribution in [3.05, 3.63) is 53.4 Å². The van der Waals surface area contributed by atoms with Crippen molar-refractivity contribution in [1.82, 2.24) is 9.55 Å². The molecule has 1 aromatic heterocycles. The molecule has 0 spiro atoms. The number of aromatic nitrogens is 2. The van der Waals surface area contributed by atoms with Crippen LogP contribution in [0.4, 0.5) is 4.39 Å². The highest BCUT2D eigenvalue weighted by Gasteiger charge is 2.08. The average Bonchev–Trinajstić information content (AvgIpc) is 2.79. The minimum Gasteiger partial charge on any atom is -0.333 e. The zero-order valence-corrected chi connectivity index (χ0v) is 9.65. The van der Waals surface area contributed by atoms with E-state index in [-0.39, 0.29) is 5.56 Å². The van der Waals surface area contributed by atoms with E-state index in [1.54, 1.807) is 29.2 Å². The Hall–Kier alpha value is -1.86. The van der Waals surface area contributed by atoms with Crippen molar-refractivity contribution >= 4 is 11.6 Å². The van der Waals surface area contributed by atoms with Crippen LogP contribution in [0.3, 0.4) is 0 Å². The van der Waals surface area contributed by atoms with Crippen LogP contribution in [0, 0.1) is 17.1 Å². The normalized spacial score (nSPS) is 10.2. The number of rotatable bonds is 3. The maximum atomic E-state index is 13.8. The molecule has 0 unspecified atom stereocenters. The van der Waals surface area contributed by atoms with E-state index in [0.29, 0.717) is 18.0 Å². The summed E-state index contributed by atoms with van der Waals surface area (Å²) < 4.78 is 15.5. The number of alkyl halides is 1. The molecule has 1 aromatic carbocycles. The first-order chi connectivity index (χ1) is 8.24. The Kier molecular flexibility index (Phi) is 3.40. The van der Waals surface area contributed by atoms with Crippen molar-refractivity contribution in [1.29, 1.82) is 5.26 Å². The van der Waals surface area contributed by atoms with Gasteiger partial charge >= 0.3 is 0 Å². The van der Waals surface area contributed by atoms with Gasteiger partial charge in [0.1, 0.15) is 11.9 Å². The molecule has 17 heavy (non-hydrogen) atoms. The summed E-state index contributed by atoms with van der Waals surface area (Å²) in [6.45, 7) is 0.339. The average molecular weight is 250 g/mol. The first-order valence-corrected chi connectivity index (χ1v) is 5.52. The van der Waals surface area contributed by atoms with E-state index in [0.717, 1.165) is 5.69 Å². The zero-order valence-electron chi connectivity index (χ0n) is 8.90. The second-order valence-electron chi connectivity index (χ2n) is 3.56. The Morgan fingerprint density at radius 1 is 1.47 bits per heavy atom. The topological polar surface area (TPSA) is 41.6 Å². The quantitative estimate of drug-likeness (QED) is 0.785. The molecule has 0 bridgehead atoms. The van der Waals surface area contributed by atoms with Crippen LogP contribution in [0.1, 0.15) is 16.8 Å². The van der Waals surface area contributed by atoms with Crippen molar-refractivity contribution in [2.24, 2.45) is 0 Å². The molecule has 0 aliphatic rings. The smallest absolute Gasteiger partial charge is 0.145 e. The molecular weight excluding hydrogens is 241 g/mol. The largest absolute Gasteiger partial charge is 0.333 e. The van der Waals surface area contributed by atoms with E-state index in [1.807, 2.05) is 6.07 Å². The number of benzene rings is 1. The molecule has 1 heterocycles. The maximum Gasteiger partial charge on any atom is 0.145 e. The number of nitriles is 1. The number of imidazole rings is 1. The fourth-order valence-electron chi connectivity index (χ4n) is 1.55. The van der Waals surface area contributed by atoms with Gasteiger partial charge < -0.3 is 4.57 Å². The second kappa shape index (κ2) is 4.98. The van der Waals surface area contributed by atoms with Crippen LogP contribution in [0.2, 0.25) is 0 Å². The zero-order chi connectivity index (χ0) is 12.3. The number of halogens is 2. The Morgan fingerprint density at radius 3 is 2.94 bits per heavy atom. The lowest BCUT2D eigenvalue weighted by atomic mass is 10.1. The third-order valence-corrected chi connectivity index (χ3v) is 2.65. The summed E-state index contributed by atoms with van der Waals surface area (Å²) in [6, 6.07) is 6.58. The Morgan fingerprint density at radius 2 is 2.29 bits per heavy atom.